The molecule has 3 nitrogen and oxygen atoms in total. The first-order valence-electron chi connectivity index (χ1n) is 6.05. The predicted octanol–water partition coefficient (Wildman–Crippen LogP) is 3.13. The molecule has 19 heavy (non-hydrogen) atoms. The molecule has 0 aromatic heterocycles. The number of anilines is 1. The smallest absolute Gasteiger partial charge is 0.296 e. The van der Waals surface area contributed by atoms with E-state index in [9.17, 15) is 9.59 Å². The highest BCUT2D eigenvalue weighted by Crippen LogP contribution is 2.33. The SMILES string of the molecule is O=C1Nc2ccc3cc4ccccc4cc3c2C1=O. The number of benzene rings is 3. The first-order chi connectivity index (χ1) is 9.24. The molecule has 1 amide bonds. The van der Waals surface area contributed by atoms with E-state index in [0.29, 0.717) is 11.3 Å². The first-order valence-corrected chi connectivity index (χ1v) is 6.05. The second-order valence-corrected chi connectivity index (χ2v) is 4.69. The van der Waals surface area contributed by atoms with Crippen LogP contribution < -0.4 is 5.32 Å². The largest absolute Gasteiger partial charge is 0.318 e. The molecule has 1 heterocycles. The van der Waals surface area contributed by atoms with E-state index in [1.165, 1.54) is 0 Å². The Labute approximate surface area is 108 Å². The van der Waals surface area contributed by atoms with E-state index in [-0.39, 0.29) is 0 Å². The van der Waals surface area contributed by atoms with Crippen LogP contribution in [0, 0.1) is 0 Å². The highest BCUT2D eigenvalue weighted by molar-refractivity contribution is 6.53. The quantitative estimate of drug-likeness (QED) is 0.490. The molecule has 0 unspecified atom stereocenters. The lowest BCUT2D eigenvalue weighted by atomic mass is 9.98. The number of rotatable bonds is 0. The molecule has 3 aromatic carbocycles. The monoisotopic (exact) mass is 247 g/mol. The number of hydrogen-bond acceptors (Lipinski definition) is 2. The summed E-state index contributed by atoms with van der Waals surface area (Å²) in [6.07, 6.45) is 0. The Hall–Kier alpha value is -2.68. The molecule has 0 radical (unpaired) electrons. The zero-order chi connectivity index (χ0) is 13.0. The molecular weight excluding hydrogens is 238 g/mol. The molecule has 1 N–H and O–H groups in total. The topological polar surface area (TPSA) is 46.2 Å². The van der Waals surface area contributed by atoms with Crippen molar-refractivity contribution in [2.45, 2.75) is 0 Å². The zero-order valence-electron chi connectivity index (χ0n) is 9.94. The zero-order valence-corrected chi connectivity index (χ0v) is 9.94. The fraction of sp³-hybridized carbons (Fsp3) is 0. The third-order valence-electron chi connectivity index (χ3n) is 3.57. The van der Waals surface area contributed by atoms with Gasteiger partial charge in [-0.2, -0.15) is 0 Å². The molecule has 0 atom stereocenters. The Bertz CT molecular complexity index is 880. The summed E-state index contributed by atoms with van der Waals surface area (Å²) in [6, 6.07) is 15.7. The van der Waals surface area contributed by atoms with Gasteiger partial charge in [0, 0.05) is 0 Å². The van der Waals surface area contributed by atoms with E-state index < -0.39 is 11.7 Å². The van der Waals surface area contributed by atoms with Gasteiger partial charge in [0.1, 0.15) is 0 Å². The fourth-order valence-corrected chi connectivity index (χ4v) is 2.66. The Morgan fingerprint density at radius 1 is 0.789 bits per heavy atom. The number of nitrogens with one attached hydrogen (secondary N) is 1. The standard InChI is InChI=1S/C16H9NO2/c18-15-14-12-8-10-4-2-1-3-9(10)7-11(12)5-6-13(14)17-16(15)19/h1-8H,(H,17,18,19). The summed E-state index contributed by atoms with van der Waals surface area (Å²) in [4.78, 5) is 23.4. The lowest BCUT2D eigenvalue weighted by Gasteiger charge is -2.05. The summed E-state index contributed by atoms with van der Waals surface area (Å²) in [6.45, 7) is 0. The molecular formula is C16H9NO2. The molecule has 0 fully saturated rings. The lowest BCUT2D eigenvalue weighted by molar-refractivity contribution is -0.112. The van der Waals surface area contributed by atoms with Crippen molar-refractivity contribution < 1.29 is 9.59 Å². The van der Waals surface area contributed by atoms with Crippen LogP contribution in [0.15, 0.2) is 48.5 Å². The molecule has 90 valence electrons. The molecule has 1 aliphatic rings. The number of carbonyl (C=O) groups is 2. The lowest BCUT2D eigenvalue weighted by Crippen LogP contribution is -2.12. The highest BCUT2D eigenvalue weighted by Gasteiger charge is 2.29. The van der Waals surface area contributed by atoms with Gasteiger partial charge in [0.25, 0.3) is 11.7 Å². The van der Waals surface area contributed by atoms with Crippen molar-refractivity contribution >= 4 is 38.9 Å². The number of carbonyl (C=O) groups excluding carboxylic acids is 2. The Morgan fingerprint density at radius 2 is 1.53 bits per heavy atom. The van der Waals surface area contributed by atoms with Gasteiger partial charge >= 0.3 is 0 Å². The van der Waals surface area contributed by atoms with Crippen LogP contribution >= 0.6 is 0 Å². The molecule has 3 heteroatoms. The maximum atomic E-state index is 11.9. The summed E-state index contributed by atoms with van der Waals surface area (Å²) in [7, 11) is 0. The number of hydrogen-bond donors (Lipinski definition) is 1. The van der Waals surface area contributed by atoms with Gasteiger partial charge in [-0.1, -0.05) is 30.3 Å². The predicted molar refractivity (Wildman–Crippen MR) is 74.4 cm³/mol. The van der Waals surface area contributed by atoms with Crippen LogP contribution in [0.3, 0.4) is 0 Å². The van der Waals surface area contributed by atoms with Crippen LogP contribution in [0.1, 0.15) is 10.4 Å². The third kappa shape index (κ3) is 1.32. The van der Waals surface area contributed by atoms with Gasteiger partial charge in [0.05, 0.1) is 11.3 Å². The third-order valence-corrected chi connectivity index (χ3v) is 3.57. The van der Waals surface area contributed by atoms with Crippen molar-refractivity contribution in [2.24, 2.45) is 0 Å². The second-order valence-electron chi connectivity index (χ2n) is 4.69. The molecule has 1 aliphatic heterocycles. The maximum absolute atomic E-state index is 11.9. The average Bonchev–Trinajstić information content (AvgIpc) is 2.72. The van der Waals surface area contributed by atoms with Gasteiger partial charge < -0.3 is 5.32 Å². The molecule has 0 saturated heterocycles. The number of ketones is 1. The minimum atomic E-state index is -0.546. The number of fused-ring (bicyclic) bond motifs is 4. The van der Waals surface area contributed by atoms with E-state index >= 15 is 0 Å². The van der Waals surface area contributed by atoms with E-state index in [4.69, 9.17) is 0 Å². The number of amides is 1. The summed E-state index contributed by atoms with van der Waals surface area (Å²) in [5.41, 5.74) is 1.10. The molecule has 0 bridgehead atoms. The molecule has 0 saturated carbocycles. The van der Waals surface area contributed by atoms with Gasteiger partial charge in [-0.3, -0.25) is 9.59 Å². The van der Waals surface area contributed by atoms with E-state index in [0.717, 1.165) is 21.5 Å². The van der Waals surface area contributed by atoms with Gasteiger partial charge in [0.2, 0.25) is 0 Å². The van der Waals surface area contributed by atoms with Crippen LogP contribution in [0.4, 0.5) is 5.69 Å². The van der Waals surface area contributed by atoms with Gasteiger partial charge in [-0.25, -0.2) is 0 Å². The highest BCUT2D eigenvalue weighted by atomic mass is 16.2. The Kier molecular flexibility index (Phi) is 1.85. The molecule has 4 rings (SSSR count). The average molecular weight is 247 g/mol. The minimum absolute atomic E-state index is 0.448. The van der Waals surface area contributed by atoms with Crippen molar-refractivity contribution in [1.82, 2.24) is 0 Å². The van der Waals surface area contributed by atoms with Crippen molar-refractivity contribution in [3.63, 3.8) is 0 Å². The van der Waals surface area contributed by atoms with E-state index in [2.05, 4.69) is 5.32 Å². The summed E-state index contributed by atoms with van der Waals surface area (Å²) in [5, 5.41) is 6.60. The van der Waals surface area contributed by atoms with Crippen LogP contribution in [0.2, 0.25) is 0 Å². The van der Waals surface area contributed by atoms with Gasteiger partial charge in [-0.05, 0) is 39.7 Å². The molecule has 0 aliphatic carbocycles. The molecule has 3 aromatic rings. The van der Waals surface area contributed by atoms with Crippen LogP contribution in [-0.2, 0) is 4.79 Å². The van der Waals surface area contributed by atoms with E-state index in [1.54, 1.807) is 6.07 Å². The van der Waals surface area contributed by atoms with Crippen molar-refractivity contribution in [3.05, 3.63) is 54.1 Å². The van der Waals surface area contributed by atoms with Crippen molar-refractivity contribution in [3.8, 4) is 0 Å². The number of Topliss-reactive ketones (excluding diaryl/α,β-unsaturated/α-hetero) is 1. The fourth-order valence-electron chi connectivity index (χ4n) is 2.66. The Balaban J connectivity index is 2.18. The van der Waals surface area contributed by atoms with Crippen molar-refractivity contribution in [1.29, 1.82) is 0 Å². The minimum Gasteiger partial charge on any atom is -0.318 e. The van der Waals surface area contributed by atoms with Gasteiger partial charge in [0.15, 0.2) is 0 Å². The second kappa shape index (κ2) is 3.42. The first kappa shape index (κ1) is 10.3. The van der Waals surface area contributed by atoms with Crippen molar-refractivity contribution in [2.75, 3.05) is 5.32 Å². The maximum Gasteiger partial charge on any atom is 0.296 e. The van der Waals surface area contributed by atoms with Crippen LogP contribution in [-0.4, -0.2) is 11.7 Å². The van der Waals surface area contributed by atoms with Crippen LogP contribution in [0.25, 0.3) is 21.5 Å². The summed E-state index contributed by atoms with van der Waals surface area (Å²) >= 11 is 0. The van der Waals surface area contributed by atoms with E-state index in [1.807, 2.05) is 42.5 Å². The van der Waals surface area contributed by atoms with Gasteiger partial charge in [-0.15, -0.1) is 0 Å². The van der Waals surface area contributed by atoms with Crippen LogP contribution in [0.5, 0.6) is 0 Å². The normalized spacial score (nSPS) is 13.9. The Morgan fingerprint density at radius 3 is 2.32 bits per heavy atom. The summed E-state index contributed by atoms with van der Waals surface area (Å²) < 4.78 is 0. The molecule has 0 spiro atoms. The summed E-state index contributed by atoms with van der Waals surface area (Å²) in [5.74, 6) is -0.994.